The number of carboxylic acid groups (broad SMARTS) is 1. The van der Waals surface area contributed by atoms with Gasteiger partial charge in [0, 0.05) is 24.7 Å². The van der Waals surface area contributed by atoms with Crippen LogP contribution in [0.2, 0.25) is 0 Å². The molecule has 1 saturated carbocycles. The predicted molar refractivity (Wildman–Crippen MR) is 172 cm³/mol. The monoisotopic (exact) mass is 690 g/mol. The van der Waals surface area contributed by atoms with Gasteiger partial charge in [0.15, 0.2) is 24.5 Å². The van der Waals surface area contributed by atoms with Crippen molar-refractivity contribution in [3.8, 4) is 22.8 Å². The number of ether oxygens (including phenoxy) is 2. The lowest BCUT2D eigenvalue weighted by Gasteiger charge is -2.34. The molecule has 266 valence electrons. The summed E-state index contributed by atoms with van der Waals surface area (Å²) in [5.74, 6) is -1.63. The van der Waals surface area contributed by atoms with Crippen LogP contribution < -0.4 is 15.4 Å². The van der Waals surface area contributed by atoms with E-state index in [4.69, 9.17) is 23.8 Å². The number of aliphatic carboxylic acids is 1. The van der Waals surface area contributed by atoms with Crippen LogP contribution in [0.5, 0.6) is 11.5 Å². The molecule has 1 aliphatic carbocycles. The van der Waals surface area contributed by atoms with E-state index in [-0.39, 0.29) is 30.2 Å². The Kier molecular flexibility index (Phi) is 13.8. The van der Waals surface area contributed by atoms with Gasteiger partial charge in [0.2, 0.25) is 5.91 Å². The zero-order chi connectivity index (χ0) is 35.2. The molecule has 0 spiro atoms. The first kappa shape index (κ1) is 37.2. The zero-order valence-corrected chi connectivity index (χ0v) is 27.0. The minimum Gasteiger partial charge on any atom is -0.506 e. The number of phenols is 1. The number of anilines is 1. The van der Waals surface area contributed by atoms with Crippen molar-refractivity contribution in [3.63, 3.8) is 0 Å². The molecule has 0 atom stereocenters. The first-order valence-electron chi connectivity index (χ1n) is 16.2. The third kappa shape index (κ3) is 11.5. The first-order chi connectivity index (χ1) is 23.5. The summed E-state index contributed by atoms with van der Waals surface area (Å²) in [6, 6.07) is 11.8. The third-order valence-electron chi connectivity index (χ3n) is 8.15. The number of nitrogens with zero attached hydrogens (tertiary/aromatic N) is 2. The number of alkyl halides is 3. The smallest absolute Gasteiger partial charge is 0.490 e. The van der Waals surface area contributed by atoms with Gasteiger partial charge < -0.3 is 39.6 Å². The van der Waals surface area contributed by atoms with Crippen molar-refractivity contribution in [3.05, 3.63) is 60.1 Å². The molecule has 0 radical (unpaired) electrons. The van der Waals surface area contributed by atoms with Crippen LogP contribution in [0.15, 0.2) is 53.4 Å². The number of rotatable bonds is 14. The number of amides is 2. The summed E-state index contributed by atoms with van der Waals surface area (Å²) in [7, 11) is 0. The van der Waals surface area contributed by atoms with E-state index < -0.39 is 12.1 Å². The average Bonchev–Trinajstić information content (AvgIpc) is 3.63. The maximum atomic E-state index is 13.3. The summed E-state index contributed by atoms with van der Waals surface area (Å²) < 4.78 is 48.6. The molecule has 0 saturated heterocycles. The van der Waals surface area contributed by atoms with Crippen molar-refractivity contribution >= 4 is 23.5 Å². The Balaban J connectivity index is 0.000000698. The summed E-state index contributed by atoms with van der Waals surface area (Å²) in [6.07, 6.45) is 5.51. The Morgan fingerprint density at radius 3 is 2.57 bits per heavy atom. The maximum Gasteiger partial charge on any atom is 0.490 e. The Morgan fingerprint density at radius 1 is 1.08 bits per heavy atom. The van der Waals surface area contributed by atoms with E-state index in [9.17, 15) is 27.9 Å². The molecule has 2 amide bonds. The van der Waals surface area contributed by atoms with Gasteiger partial charge >= 0.3 is 12.1 Å². The highest BCUT2D eigenvalue weighted by Crippen LogP contribution is 2.39. The molecule has 3 aromatic rings. The fourth-order valence-corrected chi connectivity index (χ4v) is 5.70. The quantitative estimate of drug-likeness (QED) is 0.134. The summed E-state index contributed by atoms with van der Waals surface area (Å²) >= 11 is 0. The number of benzene rings is 2. The lowest BCUT2D eigenvalue weighted by Crippen LogP contribution is -2.45. The summed E-state index contributed by atoms with van der Waals surface area (Å²) in [4.78, 5) is 39.9. The van der Waals surface area contributed by atoms with E-state index in [0.29, 0.717) is 57.1 Å². The van der Waals surface area contributed by atoms with E-state index >= 15 is 0 Å². The van der Waals surface area contributed by atoms with E-state index in [2.05, 4.69) is 32.7 Å². The number of carboxylic acids is 1. The summed E-state index contributed by atoms with van der Waals surface area (Å²) in [6.45, 7) is 2.91. The number of phenolic OH excluding ortho intramolecular Hbond substituents is 1. The van der Waals surface area contributed by atoms with E-state index in [0.717, 1.165) is 54.6 Å². The van der Waals surface area contributed by atoms with Gasteiger partial charge in [-0.05, 0) is 55.5 Å². The molecule has 1 fully saturated rings. The minimum absolute atomic E-state index is 0.00240. The molecular weight excluding hydrogens is 649 g/mol. The van der Waals surface area contributed by atoms with Crippen LogP contribution in [0, 0.1) is 0 Å². The average molecular weight is 691 g/mol. The van der Waals surface area contributed by atoms with Crippen molar-refractivity contribution in [1.82, 2.24) is 15.2 Å². The van der Waals surface area contributed by atoms with Gasteiger partial charge in [-0.25, -0.2) is 9.78 Å². The highest BCUT2D eigenvalue weighted by Gasteiger charge is 2.38. The fraction of sp³-hybridized carbons (Fsp3) is 0.471. The van der Waals surface area contributed by atoms with Crippen LogP contribution in [-0.2, 0) is 32.0 Å². The second-order valence-electron chi connectivity index (χ2n) is 11.6. The number of carbonyl (C=O) groups is 3. The predicted octanol–water partition coefficient (Wildman–Crippen LogP) is 4.95. The molecule has 15 heteroatoms. The molecule has 2 aromatic carbocycles. The van der Waals surface area contributed by atoms with Crippen LogP contribution in [0.25, 0.3) is 11.3 Å². The molecule has 2 aliphatic rings. The Morgan fingerprint density at radius 2 is 1.86 bits per heavy atom. The van der Waals surface area contributed by atoms with Crippen LogP contribution in [0.4, 0.5) is 18.9 Å². The van der Waals surface area contributed by atoms with Gasteiger partial charge in [0.1, 0.15) is 11.4 Å². The molecule has 49 heavy (non-hydrogen) atoms. The van der Waals surface area contributed by atoms with Gasteiger partial charge in [-0.15, -0.1) is 0 Å². The van der Waals surface area contributed by atoms with E-state index in [1.165, 1.54) is 12.8 Å². The Hall–Kier alpha value is -4.63. The molecule has 1 aliphatic heterocycles. The Labute approximate surface area is 281 Å². The van der Waals surface area contributed by atoms with Gasteiger partial charge in [0.25, 0.3) is 5.91 Å². The van der Waals surface area contributed by atoms with Crippen molar-refractivity contribution in [1.29, 1.82) is 0 Å². The lowest BCUT2D eigenvalue weighted by atomic mass is 9.94. The molecule has 5 rings (SSSR count). The molecule has 2 heterocycles. The van der Waals surface area contributed by atoms with Crippen molar-refractivity contribution < 1.29 is 51.7 Å². The highest BCUT2D eigenvalue weighted by molar-refractivity contribution is 5.97. The van der Waals surface area contributed by atoms with Gasteiger partial charge in [-0.2, -0.15) is 13.2 Å². The molecule has 12 nitrogen and oxygen atoms in total. The first-order valence-corrected chi connectivity index (χ1v) is 16.2. The van der Waals surface area contributed by atoms with Gasteiger partial charge in [0.05, 0.1) is 25.8 Å². The van der Waals surface area contributed by atoms with E-state index in [1.807, 2.05) is 18.2 Å². The number of hydrogen-bond donors (Lipinski definition) is 4. The topological polar surface area (TPSA) is 163 Å². The van der Waals surface area contributed by atoms with Crippen LogP contribution >= 0.6 is 0 Å². The van der Waals surface area contributed by atoms with Crippen molar-refractivity contribution in [2.75, 3.05) is 44.8 Å². The molecular formula is C34H41F3N4O8. The number of halogens is 3. The molecule has 1 aromatic heterocycles. The van der Waals surface area contributed by atoms with Crippen molar-refractivity contribution in [2.24, 2.45) is 0 Å². The molecule has 0 bridgehead atoms. The largest absolute Gasteiger partial charge is 0.506 e. The fourth-order valence-electron chi connectivity index (χ4n) is 5.70. The summed E-state index contributed by atoms with van der Waals surface area (Å²) in [5.41, 5.74) is 3.38. The van der Waals surface area contributed by atoms with Crippen LogP contribution in [-0.4, -0.2) is 89.6 Å². The number of nitrogens with one attached hydrogen (secondary N) is 2. The number of aromatic hydroxyl groups is 1. The van der Waals surface area contributed by atoms with E-state index in [1.54, 1.807) is 12.3 Å². The van der Waals surface area contributed by atoms with Gasteiger partial charge in [-0.3, -0.25) is 9.59 Å². The van der Waals surface area contributed by atoms with Gasteiger partial charge in [-0.1, -0.05) is 43.5 Å². The number of oxazole rings is 1. The Bertz CT molecular complexity index is 1530. The number of carbonyl (C=O) groups excluding carboxylic acids is 2. The zero-order valence-electron chi connectivity index (χ0n) is 27.0. The minimum atomic E-state index is -5.08. The SMILES string of the molecule is O=C(O)C(F)(F)F.O=C1COc2c(CCNCCN(C(=O)CCOCCc3cccc(-c4cnco4)c3)C3CCCCC3)ccc(O)c2N1. The number of hydrogen-bond acceptors (Lipinski definition) is 9. The maximum absolute atomic E-state index is 13.3. The summed E-state index contributed by atoms with van der Waals surface area (Å²) in [5, 5.41) is 23.3. The van der Waals surface area contributed by atoms with Crippen molar-refractivity contribution in [2.45, 2.75) is 63.6 Å². The van der Waals surface area contributed by atoms with Crippen LogP contribution in [0.1, 0.15) is 49.7 Å². The second-order valence-corrected chi connectivity index (χ2v) is 11.6. The number of fused-ring (bicyclic) bond motifs is 1. The third-order valence-corrected chi connectivity index (χ3v) is 8.15. The highest BCUT2D eigenvalue weighted by atomic mass is 19.4. The standard InChI is InChI=1S/C32H40N4O6.C2HF3O2/c37-27-10-9-24(32-31(27)35-29(38)21-41-32)11-14-33-15-16-36(26-7-2-1-3-8-26)30(39)13-18-40-17-12-23-5-4-6-25(19-23)28-20-34-22-42-28;3-2(4,5)1(6)7/h4-6,9-10,19-20,22,26,33,37H,1-3,7-8,11-18,21H2,(H,35,38);(H,6,7). The molecule has 4 N–H and O–H groups in total. The number of aromatic nitrogens is 1. The normalized spacial score (nSPS) is 14.6. The van der Waals surface area contributed by atoms with Crippen LogP contribution in [0.3, 0.4) is 0 Å². The second kappa shape index (κ2) is 18.2. The molecule has 0 unspecified atom stereocenters. The lowest BCUT2D eigenvalue weighted by molar-refractivity contribution is -0.192.